The van der Waals surface area contributed by atoms with Crippen LogP contribution in [-0.4, -0.2) is 63.2 Å². The summed E-state index contributed by atoms with van der Waals surface area (Å²) in [6, 6.07) is 10.9. The number of imide groups is 1. The van der Waals surface area contributed by atoms with Crippen molar-refractivity contribution >= 4 is 23.2 Å². The lowest BCUT2D eigenvalue weighted by atomic mass is 10.1. The Morgan fingerprint density at radius 1 is 0.933 bits per heavy atom. The van der Waals surface area contributed by atoms with Crippen molar-refractivity contribution in [1.29, 1.82) is 0 Å². The monoisotopic (exact) mass is 413 g/mol. The number of anilines is 2. The van der Waals surface area contributed by atoms with Gasteiger partial charge in [0, 0.05) is 37.9 Å². The third-order valence-electron chi connectivity index (χ3n) is 5.70. The number of carbonyl (C=O) groups is 2. The molecular weight excluding hydrogens is 389 g/mol. The quantitative estimate of drug-likeness (QED) is 0.701. The van der Waals surface area contributed by atoms with Crippen LogP contribution in [0, 0.1) is 5.82 Å². The average molecular weight is 413 g/mol. The number of piperazine rings is 1. The Bertz CT molecular complexity index is 942. The zero-order chi connectivity index (χ0) is 21.3. The maximum atomic E-state index is 13.2. The number of rotatable bonds is 5. The zero-order valence-corrected chi connectivity index (χ0v) is 17.0. The molecule has 2 saturated heterocycles. The van der Waals surface area contributed by atoms with E-state index in [1.807, 2.05) is 0 Å². The highest BCUT2D eigenvalue weighted by atomic mass is 19.1. The van der Waals surface area contributed by atoms with Crippen molar-refractivity contribution in [2.24, 2.45) is 0 Å². The van der Waals surface area contributed by atoms with Crippen LogP contribution in [0.1, 0.15) is 6.42 Å². The molecule has 2 aromatic rings. The van der Waals surface area contributed by atoms with E-state index in [0.717, 1.165) is 5.69 Å². The molecule has 2 aliphatic rings. The zero-order valence-electron chi connectivity index (χ0n) is 17.0. The highest BCUT2D eigenvalue weighted by Gasteiger charge is 2.44. The second kappa shape index (κ2) is 8.31. The largest absolute Gasteiger partial charge is 0.497 e. The van der Waals surface area contributed by atoms with Gasteiger partial charge in [-0.25, -0.2) is 9.29 Å². The summed E-state index contributed by atoms with van der Waals surface area (Å²) in [6.45, 7) is 2.70. The Balaban J connectivity index is 1.47. The number of carbonyl (C=O) groups excluding carboxylic acids is 2. The fourth-order valence-electron chi connectivity index (χ4n) is 4.07. The van der Waals surface area contributed by atoms with Crippen molar-refractivity contribution in [2.75, 3.05) is 50.2 Å². The van der Waals surface area contributed by atoms with E-state index in [1.54, 1.807) is 37.4 Å². The fourth-order valence-corrected chi connectivity index (χ4v) is 4.07. The van der Waals surface area contributed by atoms with Gasteiger partial charge in [0.15, 0.2) is 0 Å². The Hall–Kier alpha value is -3.13. The van der Waals surface area contributed by atoms with Crippen LogP contribution in [0.3, 0.4) is 0 Å². The third-order valence-corrected chi connectivity index (χ3v) is 5.70. The van der Waals surface area contributed by atoms with E-state index in [0.29, 0.717) is 43.4 Å². The summed E-state index contributed by atoms with van der Waals surface area (Å²) in [6.07, 6.45) is 0.143. The molecule has 2 heterocycles. The molecule has 1 atom stereocenters. The molecule has 0 bridgehead atoms. The van der Waals surface area contributed by atoms with Gasteiger partial charge >= 0.3 is 0 Å². The molecule has 0 saturated carbocycles. The van der Waals surface area contributed by atoms with E-state index in [2.05, 4.69) is 9.80 Å². The maximum absolute atomic E-state index is 13.2. The summed E-state index contributed by atoms with van der Waals surface area (Å²) in [4.78, 5) is 31.3. The molecule has 4 rings (SSSR count). The van der Waals surface area contributed by atoms with Crippen LogP contribution in [0.5, 0.6) is 11.5 Å². The first-order valence-electron chi connectivity index (χ1n) is 9.85. The van der Waals surface area contributed by atoms with Gasteiger partial charge in [0.25, 0.3) is 5.91 Å². The van der Waals surface area contributed by atoms with Crippen molar-refractivity contribution in [3.05, 3.63) is 48.3 Å². The van der Waals surface area contributed by atoms with Gasteiger partial charge in [-0.3, -0.25) is 14.5 Å². The molecule has 2 aromatic carbocycles. The number of amides is 2. The molecular formula is C22H24FN3O4. The molecule has 2 fully saturated rings. The Morgan fingerprint density at radius 3 is 2.27 bits per heavy atom. The van der Waals surface area contributed by atoms with Gasteiger partial charge in [-0.05, 0) is 36.4 Å². The molecule has 158 valence electrons. The Kier molecular flexibility index (Phi) is 5.59. The van der Waals surface area contributed by atoms with Crippen LogP contribution in [0.2, 0.25) is 0 Å². The second-order valence-electron chi connectivity index (χ2n) is 7.32. The Labute approximate surface area is 174 Å². The number of benzene rings is 2. The topological polar surface area (TPSA) is 62.3 Å². The molecule has 0 N–H and O–H groups in total. The molecule has 7 nitrogen and oxygen atoms in total. The summed E-state index contributed by atoms with van der Waals surface area (Å²) >= 11 is 0. The average Bonchev–Trinajstić information content (AvgIpc) is 3.07. The first kappa shape index (κ1) is 20.2. The highest BCUT2D eigenvalue weighted by Crippen LogP contribution is 2.36. The Morgan fingerprint density at radius 2 is 1.63 bits per heavy atom. The fraction of sp³-hybridized carbons (Fsp3) is 0.364. The van der Waals surface area contributed by atoms with Crippen molar-refractivity contribution in [3.8, 4) is 11.5 Å². The van der Waals surface area contributed by atoms with Gasteiger partial charge in [-0.1, -0.05) is 0 Å². The van der Waals surface area contributed by atoms with Gasteiger partial charge in [-0.2, -0.15) is 0 Å². The van der Waals surface area contributed by atoms with E-state index in [1.165, 1.54) is 24.1 Å². The normalized spacial score (nSPS) is 20.0. The van der Waals surface area contributed by atoms with Gasteiger partial charge in [0.05, 0.1) is 32.4 Å². The van der Waals surface area contributed by atoms with Crippen LogP contribution in [0.4, 0.5) is 15.8 Å². The minimum Gasteiger partial charge on any atom is -0.497 e. The van der Waals surface area contributed by atoms with Crippen molar-refractivity contribution < 1.29 is 23.5 Å². The minimum absolute atomic E-state index is 0.143. The SMILES string of the molecule is COc1ccc(N2C(=O)C[C@@H](N3CCN(c4ccc(F)cc4)CC3)C2=O)c(OC)c1. The third kappa shape index (κ3) is 3.70. The van der Waals surface area contributed by atoms with Gasteiger partial charge in [0.2, 0.25) is 5.91 Å². The number of nitrogens with zero attached hydrogens (tertiary/aromatic N) is 3. The number of ether oxygens (including phenoxy) is 2. The molecule has 0 aromatic heterocycles. The first-order chi connectivity index (χ1) is 14.5. The van der Waals surface area contributed by atoms with Crippen molar-refractivity contribution in [2.45, 2.75) is 12.5 Å². The number of hydrogen-bond donors (Lipinski definition) is 0. The van der Waals surface area contributed by atoms with Crippen molar-refractivity contribution in [1.82, 2.24) is 4.90 Å². The summed E-state index contributed by atoms with van der Waals surface area (Å²) in [5, 5.41) is 0. The predicted molar refractivity (Wildman–Crippen MR) is 111 cm³/mol. The molecule has 30 heavy (non-hydrogen) atoms. The van der Waals surface area contributed by atoms with Crippen LogP contribution < -0.4 is 19.3 Å². The first-order valence-corrected chi connectivity index (χ1v) is 9.85. The lowest BCUT2D eigenvalue weighted by molar-refractivity contribution is -0.123. The molecule has 0 unspecified atom stereocenters. The van der Waals surface area contributed by atoms with Crippen LogP contribution in [0.15, 0.2) is 42.5 Å². The molecule has 2 amide bonds. The summed E-state index contributed by atoms with van der Waals surface area (Å²) in [5.41, 5.74) is 1.38. The molecule has 8 heteroatoms. The van der Waals surface area contributed by atoms with E-state index < -0.39 is 6.04 Å². The van der Waals surface area contributed by atoms with E-state index in [9.17, 15) is 14.0 Å². The van der Waals surface area contributed by atoms with Crippen LogP contribution in [0.25, 0.3) is 0 Å². The molecule has 0 radical (unpaired) electrons. The van der Waals surface area contributed by atoms with Crippen LogP contribution in [-0.2, 0) is 9.59 Å². The van der Waals surface area contributed by atoms with Crippen molar-refractivity contribution in [3.63, 3.8) is 0 Å². The highest BCUT2D eigenvalue weighted by molar-refractivity contribution is 6.23. The molecule has 2 aliphatic heterocycles. The minimum atomic E-state index is -0.486. The molecule has 0 spiro atoms. The van der Waals surface area contributed by atoms with Gasteiger partial charge in [0.1, 0.15) is 17.3 Å². The van der Waals surface area contributed by atoms with E-state index in [-0.39, 0.29) is 24.1 Å². The smallest absolute Gasteiger partial charge is 0.251 e. The van der Waals surface area contributed by atoms with E-state index in [4.69, 9.17) is 9.47 Å². The van der Waals surface area contributed by atoms with E-state index >= 15 is 0 Å². The number of hydrogen-bond acceptors (Lipinski definition) is 6. The lowest BCUT2D eigenvalue weighted by Gasteiger charge is -2.38. The summed E-state index contributed by atoms with van der Waals surface area (Å²) in [5.74, 6) is 0.260. The maximum Gasteiger partial charge on any atom is 0.251 e. The number of halogens is 1. The summed E-state index contributed by atoms with van der Waals surface area (Å²) < 4.78 is 23.7. The van der Waals surface area contributed by atoms with Crippen LogP contribution >= 0.6 is 0 Å². The van der Waals surface area contributed by atoms with Gasteiger partial charge in [-0.15, -0.1) is 0 Å². The summed E-state index contributed by atoms with van der Waals surface area (Å²) in [7, 11) is 3.04. The lowest BCUT2D eigenvalue weighted by Crippen LogP contribution is -2.52. The van der Waals surface area contributed by atoms with Gasteiger partial charge < -0.3 is 14.4 Å². The predicted octanol–water partition coefficient (Wildman–Crippen LogP) is 2.30. The molecule has 0 aliphatic carbocycles. The number of methoxy groups -OCH3 is 2. The second-order valence-corrected chi connectivity index (χ2v) is 7.32. The standard InChI is InChI=1S/C22H24FN3O4/c1-29-17-7-8-18(20(13-17)30-2)26-21(27)14-19(22(26)28)25-11-9-24(10-12-25)16-5-3-15(23)4-6-16/h3-8,13,19H,9-12,14H2,1-2H3/t19-/m1/s1.